The zero-order valence-corrected chi connectivity index (χ0v) is 16.7. The summed E-state index contributed by atoms with van der Waals surface area (Å²) in [5.74, 6) is 0.290. The molecule has 0 radical (unpaired) electrons. The van der Waals surface area contributed by atoms with Gasteiger partial charge in [0.1, 0.15) is 0 Å². The Morgan fingerprint density at radius 2 is 1.20 bits per heavy atom. The molecule has 0 aliphatic carbocycles. The number of nitrogens with one attached hydrogen (secondary N) is 1. The second-order valence-electron chi connectivity index (χ2n) is 7.67. The summed E-state index contributed by atoms with van der Waals surface area (Å²) in [6.45, 7) is 5.31. The number of rotatable bonds is 18. The molecule has 25 heavy (non-hydrogen) atoms. The van der Waals surface area contributed by atoms with Crippen LogP contribution in [0.2, 0.25) is 0 Å². The van der Waals surface area contributed by atoms with Gasteiger partial charge in [-0.15, -0.1) is 0 Å². The number of aliphatic carboxylic acids is 1. The van der Waals surface area contributed by atoms with Crippen molar-refractivity contribution in [2.75, 3.05) is 6.54 Å². The Morgan fingerprint density at radius 1 is 0.720 bits per heavy atom. The summed E-state index contributed by atoms with van der Waals surface area (Å²) >= 11 is 0. The number of amides is 1. The van der Waals surface area contributed by atoms with Gasteiger partial charge in [-0.1, -0.05) is 78.1 Å². The maximum absolute atomic E-state index is 11.7. The van der Waals surface area contributed by atoms with Gasteiger partial charge in [0.25, 0.3) is 0 Å². The minimum atomic E-state index is -0.681. The van der Waals surface area contributed by atoms with Gasteiger partial charge in [0.2, 0.25) is 5.91 Å². The van der Waals surface area contributed by atoms with Crippen LogP contribution in [0.1, 0.15) is 110 Å². The van der Waals surface area contributed by atoms with Crippen LogP contribution in [0, 0.1) is 5.92 Å². The van der Waals surface area contributed by atoms with E-state index in [9.17, 15) is 9.59 Å². The van der Waals surface area contributed by atoms with Crippen molar-refractivity contribution in [3.05, 3.63) is 0 Å². The van der Waals surface area contributed by atoms with Crippen molar-refractivity contribution >= 4 is 11.9 Å². The zero-order chi connectivity index (χ0) is 18.8. The monoisotopic (exact) mass is 355 g/mol. The number of carbonyl (C=O) groups is 2. The van der Waals surface area contributed by atoms with E-state index in [0.29, 0.717) is 12.8 Å². The molecule has 148 valence electrons. The zero-order valence-electron chi connectivity index (χ0n) is 16.7. The van der Waals surface area contributed by atoms with Crippen LogP contribution in [0.5, 0.6) is 0 Å². The first-order valence-electron chi connectivity index (χ1n) is 10.5. The quantitative estimate of drug-likeness (QED) is 0.310. The molecule has 4 nitrogen and oxygen atoms in total. The molecule has 0 saturated carbocycles. The summed E-state index contributed by atoms with van der Waals surface area (Å²) in [5.41, 5.74) is 0. The highest BCUT2D eigenvalue weighted by atomic mass is 16.4. The topological polar surface area (TPSA) is 66.4 Å². The van der Waals surface area contributed by atoms with Crippen molar-refractivity contribution in [1.29, 1.82) is 0 Å². The van der Waals surface area contributed by atoms with Crippen LogP contribution in [-0.4, -0.2) is 23.5 Å². The van der Waals surface area contributed by atoms with E-state index in [0.717, 1.165) is 51.0 Å². The first-order valence-corrected chi connectivity index (χ1v) is 10.5. The first kappa shape index (κ1) is 23.9. The van der Waals surface area contributed by atoms with Crippen LogP contribution >= 0.6 is 0 Å². The molecule has 0 aliphatic rings. The third-order valence-corrected chi connectivity index (χ3v) is 4.57. The fourth-order valence-corrected chi connectivity index (χ4v) is 2.97. The van der Waals surface area contributed by atoms with Gasteiger partial charge in [-0.05, 0) is 25.2 Å². The number of carboxylic acid groups (broad SMARTS) is 1. The summed E-state index contributed by atoms with van der Waals surface area (Å²) in [6.07, 6.45) is 15.9. The summed E-state index contributed by atoms with van der Waals surface area (Å²) in [4.78, 5) is 22.1. The van der Waals surface area contributed by atoms with Crippen LogP contribution in [0.15, 0.2) is 0 Å². The van der Waals surface area contributed by atoms with E-state index in [1.165, 1.54) is 44.9 Å². The van der Waals surface area contributed by atoms with Gasteiger partial charge in [-0.2, -0.15) is 0 Å². The standard InChI is InChI=1S/C21H41NO3/c1-19(2)15-13-14-18-22-20(23)16-11-9-7-5-3-4-6-8-10-12-17-21(24)25/h19H,3-18H2,1-2H3,(H,22,23)(H,24,25). The lowest BCUT2D eigenvalue weighted by Gasteiger charge is -2.06. The Hall–Kier alpha value is -1.06. The van der Waals surface area contributed by atoms with Crippen molar-refractivity contribution in [2.24, 2.45) is 5.92 Å². The molecule has 0 aromatic carbocycles. The molecule has 0 atom stereocenters. The largest absolute Gasteiger partial charge is 0.481 e. The van der Waals surface area contributed by atoms with Crippen molar-refractivity contribution in [1.82, 2.24) is 5.32 Å². The Morgan fingerprint density at radius 3 is 1.68 bits per heavy atom. The van der Waals surface area contributed by atoms with Gasteiger partial charge in [0.15, 0.2) is 0 Å². The van der Waals surface area contributed by atoms with Gasteiger partial charge in [0, 0.05) is 19.4 Å². The number of unbranched alkanes of at least 4 members (excludes halogenated alkanes) is 10. The molecule has 0 spiro atoms. The molecule has 0 aliphatic heterocycles. The van der Waals surface area contributed by atoms with Crippen LogP contribution in [0.3, 0.4) is 0 Å². The normalized spacial score (nSPS) is 11.0. The lowest BCUT2D eigenvalue weighted by molar-refractivity contribution is -0.137. The molecular formula is C21H41NO3. The average Bonchev–Trinajstić information content (AvgIpc) is 2.55. The number of hydrogen-bond donors (Lipinski definition) is 2. The van der Waals surface area contributed by atoms with Crippen molar-refractivity contribution in [3.63, 3.8) is 0 Å². The summed E-state index contributed by atoms with van der Waals surface area (Å²) in [6, 6.07) is 0. The highest BCUT2D eigenvalue weighted by molar-refractivity contribution is 5.75. The number of carbonyl (C=O) groups excluding carboxylic acids is 1. The number of carboxylic acids is 1. The molecular weight excluding hydrogens is 314 g/mol. The van der Waals surface area contributed by atoms with E-state index in [1.807, 2.05) is 0 Å². The smallest absolute Gasteiger partial charge is 0.303 e. The maximum atomic E-state index is 11.7. The molecule has 1 amide bonds. The third kappa shape index (κ3) is 20.9. The highest BCUT2D eigenvalue weighted by Crippen LogP contribution is 2.12. The van der Waals surface area contributed by atoms with Crippen LogP contribution in [0.4, 0.5) is 0 Å². The average molecular weight is 356 g/mol. The van der Waals surface area contributed by atoms with Crippen LogP contribution in [0.25, 0.3) is 0 Å². The Labute approximate surface area is 155 Å². The minimum absolute atomic E-state index is 0.214. The molecule has 0 fully saturated rings. The van der Waals surface area contributed by atoms with E-state index in [-0.39, 0.29) is 5.91 Å². The summed E-state index contributed by atoms with van der Waals surface area (Å²) in [7, 11) is 0. The SMILES string of the molecule is CC(C)CCCCNC(=O)CCCCCCCCCCCCC(=O)O. The van der Waals surface area contributed by atoms with E-state index < -0.39 is 5.97 Å². The second kappa shape index (κ2) is 17.8. The van der Waals surface area contributed by atoms with Crippen molar-refractivity contribution < 1.29 is 14.7 Å². The Kier molecular flexibility index (Phi) is 17.0. The molecule has 4 heteroatoms. The molecule has 0 rings (SSSR count). The maximum Gasteiger partial charge on any atom is 0.303 e. The van der Waals surface area contributed by atoms with Gasteiger partial charge in [-0.25, -0.2) is 0 Å². The second-order valence-corrected chi connectivity index (χ2v) is 7.67. The van der Waals surface area contributed by atoms with E-state index in [4.69, 9.17) is 5.11 Å². The van der Waals surface area contributed by atoms with E-state index in [1.54, 1.807) is 0 Å². The molecule has 0 heterocycles. The summed E-state index contributed by atoms with van der Waals surface area (Å²) < 4.78 is 0. The fourth-order valence-electron chi connectivity index (χ4n) is 2.97. The molecule has 0 unspecified atom stereocenters. The molecule has 0 aromatic rings. The van der Waals surface area contributed by atoms with Gasteiger partial charge in [-0.3, -0.25) is 9.59 Å². The molecule has 0 aromatic heterocycles. The molecule has 0 bridgehead atoms. The molecule has 2 N–H and O–H groups in total. The van der Waals surface area contributed by atoms with E-state index >= 15 is 0 Å². The van der Waals surface area contributed by atoms with Crippen LogP contribution in [-0.2, 0) is 9.59 Å². The predicted molar refractivity (Wildman–Crippen MR) is 105 cm³/mol. The van der Waals surface area contributed by atoms with E-state index in [2.05, 4.69) is 19.2 Å². The highest BCUT2D eigenvalue weighted by Gasteiger charge is 2.01. The first-order chi connectivity index (χ1) is 12.0. The lowest BCUT2D eigenvalue weighted by atomic mass is 10.0. The minimum Gasteiger partial charge on any atom is -0.481 e. The Bertz CT molecular complexity index is 329. The van der Waals surface area contributed by atoms with Crippen molar-refractivity contribution in [3.8, 4) is 0 Å². The number of hydrogen-bond acceptors (Lipinski definition) is 2. The Balaban J connectivity index is 3.17. The fraction of sp³-hybridized carbons (Fsp3) is 0.905. The predicted octanol–water partition coefficient (Wildman–Crippen LogP) is 5.69. The van der Waals surface area contributed by atoms with Crippen molar-refractivity contribution in [2.45, 2.75) is 110 Å². The van der Waals surface area contributed by atoms with Gasteiger partial charge in [0.05, 0.1) is 0 Å². The molecule has 0 saturated heterocycles. The van der Waals surface area contributed by atoms with Gasteiger partial charge < -0.3 is 10.4 Å². The third-order valence-electron chi connectivity index (χ3n) is 4.57. The summed E-state index contributed by atoms with van der Waals surface area (Å²) in [5, 5.41) is 11.6. The van der Waals surface area contributed by atoms with Gasteiger partial charge >= 0.3 is 5.97 Å². The lowest BCUT2D eigenvalue weighted by Crippen LogP contribution is -2.24. The van der Waals surface area contributed by atoms with Crippen LogP contribution < -0.4 is 5.32 Å².